The zero-order valence-corrected chi connectivity index (χ0v) is 17.0. The fourth-order valence-electron chi connectivity index (χ4n) is 2.90. The zero-order valence-electron chi connectivity index (χ0n) is 17.0. The van der Waals surface area contributed by atoms with E-state index in [2.05, 4.69) is 5.32 Å². The van der Waals surface area contributed by atoms with Gasteiger partial charge in [0.05, 0.1) is 41.3 Å². The molecule has 0 fully saturated rings. The molecule has 31 heavy (non-hydrogen) atoms. The molecule has 0 saturated carbocycles. The molecule has 7 nitrogen and oxygen atoms in total. The van der Waals surface area contributed by atoms with E-state index >= 15 is 0 Å². The van der Waals surface area contributed by atoms with Crippen molar-refractivity contribution in [3.8, 4) is 0 Å². The number of carboxylic acids is 1. The molecule has 0 atom stereocenters. The van der Waals surface area contributed by atoms with Gasteiger partial charge < -0.3 is 24.8 Å². The summed E-state index contributed by atoms with van der Waals surface area (Å²) in [5.41, 5.74) is -1.16. The second-order valence-electron chi connectivity index (χ2n) is 6.51. The summed E-state index contributed by atoms with van der Waals surface area (Å²) in [6.45, 7) is 1.25. The lowest BCUT2D eigenvalue weighted by Crippen LogP contribution is -2.32. The van der Waals surface area contributed by atoms with Gasteiger partial charge in [-0.15, -0.1) is 0 Å². The Kier molecular flexibility index (Phi) is 8.40. The van der Waals surface area contributed by atoms with Gasteiger partial charge in [-0.25, -0.2) is 4.79 Å². The van der Waals surface area contributed by atoms with Gasteiger partial charge in [-0.05, 0) is 30.3 Å². The average molecular weight is 440 g/mol. The monoisotopic (exact) mass is 440 g/mol. The van der Waals surface area contributed by atoms with Gasteiger partial charge in [-0.1, -0.05) is 12.1 Å². The van der Waals surface area contributed by atoms with Crippen LogP contribution in [0.5, 0.6) is 0 Å². The molecule has 0 aliphatic heterocycles. The number of benzene rings is 2. The molecule has 0 aromatic heterocycles. The standard InChI is InChI=1S/C21H23F3N2O5/c1-30-11-9-26(10-12-31-2)18-8-7-14(21(22,23)24)13-17(18)25-19(27)15-5-3-4-6-16(15)20(28)29/h3-8,13H,9-12H2,1-2H3,(H,25,27)(H,28,29). The number of aromatic carboxylic acids is 1. The van der Waals surface area contributed by atoms with Crippen LogP contribution in [-0.4, -0.2) is 57.5 Å². The molecular formula is C21H23F3N2O5. The number of hydrogen-bond donors (Lipinski definition) is 2. The van der Waals surface area contributed by atoms with Crippen molar-refractivity contribution in [2.24, 2.45) is 0 Å². The topological polar surface area (TPSA) is 88.1 Å². The molecule has 0 bridgehead atoms. The van der Waals surface area contributed by atoms with E-state index in [0.29, 0.717) is 32.0 Å². The highest BCUT2D eigenvalue weighted by Gasteiger charge is 2.32. The number of anilines is 2. The van der Waals surface area contributed by atoms with E-state index in [4.69, 9.17) is 9.47 Å². The number of nitrogens with one attached hydrogen (secondary N) is 1. The van der Waals surface area contributed by atoms with Crippen LogP contribution in [0.4, 0.5) is 24.5 Å². The van der Waals surface area contributed by atoms with Gasteiger partial charge in [0.25, 0.3) is 5.91 Å². The molecule has 0 aliphatic carbocycles. The lowest BCUT2D eigenvalue weighted by molar-refractivity contribution is -0.137. The minimum Gasteiger partial charge on any atom is -0.478 e. The van der Waals surface area contributed by atoms with E-state index in [9.17, 15) is 27.9 Å². The predicted molar refractivity (Wildman–Crippen MR) is 109 cm³/mol. The van der Waals surface area contributed by atoms with Gasteiger partial charge in [0.15, 0.2) is 0 Å². The van der Waals surface area contributed by atoms with E-state index < -0.39 is 23.6 Å². The Balaban J connectivity index is 2.49. The Morgan fingerprint density at radius 2 is 1.58 bits per heavy atom. The highest BCUT2D eigenvalue weighted by molar-refractivity contribution is 6.11. The minimum atomic E-state index is -4.62. The third-order valence-electron chi connectivity index (χ3n) is 4.45. The van der Waals surface area contributed by atoms with Gasteiger partial charge in [-0.2, -0.15) is 13.2 Å². The summed E-state index contributed by atoms with van der Waals surface area (Å²) in [6.07, 6.45) is -4.62. The van der Waals surface area contributed by atoms with Crippen molar-refractivity contribution >= 4 is 23.3 Å². The van der Waals surface area contributed by atoms with Crippen molar-refractivity contribution in [2.45, 2.75) is 6.18 Å². The summed E-state index contributed by atoms with van der Waals surface area (Å²) < 4.78 is 50.0. The van der Waals surface area contributed by atoms with Crippen LogP contribution in [0.3, 0.4) is 0 Å². The number of rotatable bonds is 10. The molecule has 0 spiro atoms. The molecule has 2 aromatic rings. The number of hydrogen-bond acceptors (Lipinski definition) is 5. The minimum absolute atomic E-state index is 0.104. The smallest absolute Gasteiger partial charge is 0.416 e. The van der Waals surface area contributed by atoms with E-state index in [1.165, 1.54) is 44.6 Å². The summed E-state index contributed by atoms with van der Waals surface area (Å²) in [5.74, 6) is -2.16. The van der Waals surface area contributed by atoms with E-state index in [-0.39, 0.29) is 16.8 Å². The van der Waals surface area contributed by atoms with Crippen LogP contribution in [-0.2, 0) is 15.7 Å². The lowest BCUT2D eigenvalue weighted by Gasteiger charge is -2.27. The largest absolute Gasteiger partial charge is 0.478 e. The number of alkyl halides is 3. The molecular weight excluding hydrogens is 417 g/mol. The van der Waals surface area contributed by atoms with Crippen LogP contribution in [0, 0.1) is 0 Å². The van der Waals surface area contributed by atoms with Crippen LogP contribution < -0.4 is 10.2 Å². The predicted octanol–water partition coefficient (Wildman–Crippen LogP) is 3.76. The summed E-state index contributed by atoms with van der Waals surface area (Å²) in [6, 6.07) is 8.46. The zero-order chi connectivity index (χ0) is 23.0. The molecule has 10 heteroatoms. The molecule has 2 rings (SSSR count). The number of carboxylic acid groups (broad SMARTS) is 1. The Morgan fingerprint density at radius 3 is 2.10 bits per heavy atom. The molecule has 0 radical (unpaired) electrons. The Labute approximate surface area is 177 Å². The van der Waals surface area contributed by atoms with E-state index in [1.54, 1.807) is 4.90 Å². The van der Waals surface area contributed by atoms with E-state index in [0.717, 1.165) is 12.1 Å². The van der Waals surface area contributed by atoms with Crippen molar-refractivity contribution < 1.29 is 37.3 Å². The summed E-state index contributed by atoms with van der Waals surface area (Å²) in [5, 5.41) is 11.7. The maximum atomic E-state index is 13.3. The van der Waals surface area contributed by atoms with Crippen LogP contribution in [0.25, 0.3) is 0 Å². The first-order valence-corrected chi connectivity index (χ1v) is 9.26. The van der Waals surface area contributed by atoms with Gasteiger partial charge in [0, 0.05) is 27.3 Å². The summed E-state index contributed by atoms with van der Waals surface area (Å²) >= 11 is 0. The third kappa shape index (κ3) is 6.43. The number of methoxy groups -OCH3 is 2. The quantitative estimate of drug-likeness (QED) is 0.585. The second kappa shape index (κ2) is 10.8. The Morgan fingerprint density at radius 1 is 1.00 bits per heavy atom. The number of carbonyl (C=O) groups excluding carboxylic acids is 1. The second-order valence-corrected chi connectivity index (χ2v) is 6.51. The first-order chi connectivity index (χ1) is 14.7. The van der Waals surface area contributed by atoms with Crippen LogP contribution in [0.15, 0.2) is 42.5 Å². The maximum Gasteiger partial charge on any atom is 0.416 e. The van der Waals surface area contributed by atoms with Crippen molar-refractivity contribution in [3.05, 3.63) is 59.2 Å². The summed E-state index contributed by atoms with van der Waals surface area (Å²) in [7, 11) is 2.99. The fourth-order valence-corrected chi connectivity index (χ4v) is 2.90. The van der Waals surface area contributed by atoms with Crippen molar-refractivity contribution in [3.63, 3.8) is 0 Å². The number of nitrogens with zero attached hydrogens (tertiary/aromatic N) is 1. The van der Waals surface area contributed by atoms with Crippen molar-refractivity contribution in [1.82, 2.24) is 0 Å². The molecule has 0 heterocycles. The molecule has 168 valence electrons. The molecule has 0 unspecified atom stereocenters. The molecule has 2 aromatic carbocycles. The first kappa shape index (κ1) is 24.2. The van der Waals surface area contributed by atoms with Crippen LogP contribution in [0.2, 0.25) is 0 Å². The highest BCUT2D eigenvalue weighted by atomic mass is 19.4. The van der Waals surface area contributed by atoms with Gasteiger partial charge in [0.1, 0.15) is 0 Å². The normalized spacial score (nSPS) is 11.3. The lowest BCUT2D eigenvalue weighted by atomic mass is 10.1. The van der Waals surface area contributed by atoms with Crippen molar-refractivity contribution in [2.75, 3.05) is 50.7 Å². The molecule has 0 aliphatic rings. The SMILES string of the molecule is COCCN(CCOC)c1ccc(C(F)(F)F)cc1NC(=O)c1ccccc1C(=O)O. The van der Waals surface area contributed by atoms with Gasteiger partial charge in [-0.3, -0.25) is 4.79 Å². The number of ether oxygens (including phenoxy) is 2. The summed E-state index contributed by atoms with van der Waals surface area (Å²) in [4.78, 5) is 25.9. The Bertz CT molecular complexity index is 910. The van der Waals surface area contributed by atoms with Gasteiger partial charge in [0.2, 0.25) is 0 Å². The Hall–Kier alpha value is -3.11. The van der Waals surface area contributed by atoms with Crippen molar-refractivity contribution in [1.29, 1.82) is 0 Å². The average Bonchev–Trinajstić information content (AvgIpc) is 2.73. The number of halogens is 3. The molecule has 2 N–H and O–H groups in total. The molecule has 0 saturated heterocycles. The number of amides is 1. The van der Waals surface area contributed by atoms with E-state index in [1.807, 2.05) is 0 Å². The first-order valence-electron chi connectivity index (χ1n) is 9.26. The third-order valence-corrected chi connectivity index (χ3v) is 4.45. The maximum absolute atomic E-state index is 13.3. The van der Waals surface area contributed by atoms with Crippen LogP contribution in [0.1, 0.15) is 26.3 Å². The molecule has 1 amide bonds. The van der Waals surface area contributed by atoms with Crippen LogP contribution >= 0.6 is 0 Å². The van der Waals surface area contributed by atoms with Gasteiger partial charge >= 0.3 is 12.1 Å². The fraction of sp³-hybridized carbons (Fsp3) is 0.333. The highest BCUT2D eigenvalue weighted by Crippen LogP contribution is 2.35. The number of carbonyl (C=O) groups is 2.